The van der Waals surface area contributed by atoms with Gasteiger partial charge in [-0.2, -0.15) is 0 Å². The number of hydrogen-bond acceptors (Lipinski definition) is 3. The summed E-state index contributed by atoms with van der Waals surface area (Å²) < 4.78 is 23.5. The predicted octanol–water partition coefficient (Wildman–Crippen LogP) is 2.35. The molecule has 0 radical (unpaired) electrons. The average Bonchev–Trinajstić information content (AvgIpc) is 2.86. The topological polar surface area (TPSA) is 49.4 Å². The van der Waals surface area contributed by atoms with Crippen molar-refractivity contribution >= 4 is 27.2 Å². The van der Waals surface area contributed by atoms with Crippen molar-refractivity contribution in [3.63, 3.8) is 0 Å². The Labute approximate surface area is 138 Å². The van der Waals surface area contributed by atoms with Gasteiger partial charge >= 0.3 is 0 Å². The Morgan fingerprint density at radius 3 is 2.68 bits per heavy atom. The Hall–Kier alpha value is -1.14. The van der Waals surface area contributed by atoms with Gasteiger partial charge in [-0.25, -0.2) is 8.42 Å². The number of nitrogens with zero attached hydrogens (tertiary/aromatic N) is 1. The van der Waals surface area contributed by atoms with Gasteiger partial charge < -0.3 is 10.2 Å². The first-order valence-electron chi connectivity index (χ1n) is 7.80. The molecule has 4 nitrogen and oxygen atoms in total. The van der Waals surface area contributed by atoms with E-state index in [0.717, 1.165) is 19.4 Å². The zero-order valence-corrected chi connectivity index (χ0v) is 14.6. The van der Waals surface area contributed by atoms with Gasteiger partial charge in [-0.3, -0.25) is 0 Å². The second-order valence-corrected chi connectivity index (χ2v) is 8.36. The molecule has 1 atom stereocenters. The van der Waals surface area contributed by atoms with Gasteiger partial charge in [0.15, 0.2) is 14.9 Å². The molecule has 1 fully saturated rings. The van der Waals surface area contributed by atoms with Crippen LogP contribution in [0.5, 0.6) is 0 Å². The second kappa shape index (κ2) is 7.92. The molecule has 22 heavy (non-hydrogen) atoms. The van der Waals surface area contributed by atoms with E-state index in [1.165, 1.54) is 5.56 Å². The fourth-order valence-corrected chi connectivity index (χ4v) is 4.72. The van der Waals surface area contributed by atoms with E-state index in [9.17, 15) is 8.42 Å². The molecule has 2 rings (SSSR count). The molecule has 1 aliphatic heterocycles. The van der Waals surface area contributed by atoms with Crippen molar-refractivity contribution in [2.24, 2.45) is 0 Å². The van der Waals surface area contributed by atoms with E-state index in [-0.39, 0.29) is 17.5 Å². The maximum Gasteiger partial charge on any atom is 0.169 e. The van der Waals surface area contributed by atoms with E-state index in [1.807, 2.05) is 30.3 Å². The highest BCUT2D eigenvalue weighted by atomic mass is 32.2. The molecule has 0 saturated carbocycles. The minimum atomic E-state index is -2.90. The largest absolute Gasteiger partial charge is 0.358 e. The number of nitrogens with one attached hydrogen (secondary N) is 1. The van der Waals surface area contributed by atoms with Crippen molar-refractivity contribution < 1.29 is 8.42 Å². The molecule has 1 aliphatic rings. The van der Waals surface area contributed by atoms with E-state index in [2.05, 4.69) is 17.1 Å². The number of sulfone groups is 1. The van der Waals surface area contributed by atoms with E-state index in [4.69, 9.17) is 12.2 Å². The van der Waals surface area contributed by atoms with Gasteiger partial charge in [0.05, 0.1) is 11.5 Å². The first kappa shape index (κ1) is 17.2. The minimum absolute atomic E-state index is 0.0207. The van der Waals surface area contributed by atoms with E-state index < -0.39 is 9.84 Å². The van der Waals surface area contributed by atoms with Crippen LogP contribution in [0.2, 0.25) is 0 Å². The molecular weight excluding hydrogens is 316 g/mol. The zero-order chi connectivity index (χ0) is 16.0. The molecular formula is C16H24N2O2S2. The van der Waals surface area contributed by atoms with E-state index in [0.29, 0.717) is 18.1 Å². The molecule has 0 aliphatic carbocycles. The lowest BCUT2D eigenvalue weighted by atomic mass is 10.2. The van der Waals surface area contributed by atoms with Gasteiger partial charge in [0.25, 0.3) is 0 Å². The Morgan fingerprint density at radius 1 is 1.36 bits per heavy atom. The average molecular weight is 341 g/mol. The molecule has 0 unspecified atom stereocenters. The first-order valence-corrected chi connectivity index (χ1v) is 10.0. The van der Waals surface area contributed by atoms with Crippen LogP contribution in [0.25, 0.3) is 0 Å². The summed E-state index contributed by atoms with van der Waals surface area (Å²) in [5, 5.41) is 3.94. The van der Waals surface area contributed by atoms with Crippen LogP contribution in [0.1, 0.15) is 31.7 Å². The molecule has 0 aromatic heterocycles. The van der Waals surface area contributed by atoms with Crippen molar-refractivity contribution in [3.8, 4) is 0 Å². The number of rotatable bonds is 6. The minimum Gasteiger partial charge on any atom is -0.358 e. The summed E-state index contributed by atoms with van der Waals surface area (Å²) >= 11 is 5.52. The van der Waals surface area contributed by atoms with Gasteiger partial charge in [-0.1, -0.05) is 43.7 Å². The van der Waals surface area contributed by atoms with Crippen LogP contribution in [0.3, 0.4) is 0 Å². The third-order valence-electron chi connectivity index (χ3n) is 3.95. The smallest absolute Gasteiger partial charge is 0.169 e. The van der Waals surface area contributed by atoms with Crippen molar-refractivity contribution in [2.45, 2.75) is 38.8 Å². The maximum absolute atomic E-state index is 11.7. The lowest BCUT2D eigenvalue weighted by molar-refractivity contribution is 0.324. The maximum atomic E-state index is 11.7. The fourth-order valence-electron chi connectivity index (χ4n) is 2.67. The normalized spacial score (nSPS) is 19.8. The number of unbranched alkanes of at least 4 members (excludes halogenated alkanes) is 1. The Morgan fingerprint density at radius 2 is 2.09 bits per heavy atom. The molecule has 1 aromatic carbocycles. The van der Waals surface area contributed by atoms with Gasteiger partial charge in [0, 0.05) is 19.1 Å². The molecule has 1 heterocycles. The molecule has 0 amide bonds. The number of thiocarbonyl (C=S) groups is 1. The van der Waals surface area contributed by atoms with Gasteiger partial charge in [0.2, 0.25) is 0 Å². The van der Waals surface area contributed by atoms with Crippen molar-refractivity contribution in [3.05, 3.63) is 35.9 Å². The third kappa shape index (κ3) is 4.95. The standard InChI is InChI=1S/C16H24N2O2S2/c1-2-3-10-18(15-9-11-22(19,20)13-15)16(21)17-12-14-7-5-4-6-8-14/h4-8,15H,2-3,9-13H2,1H3,(H,17,21)/t15-/m1/s1. The molecule has 6 heteroatoms. The zero-order valence-electron chi connectivity index (χ0n) is 13.0. The summed E-state index contributed by atoms with van der Waals surface area (Å²) in [6.45, 7) is 3.61. The van der Waals surface area contributed by atoms with Crippen LogP contribution in [-0.2, 0) is 16.4 Å². The summed E-state index contributed by atoms with van der Waals surface area (Å²) in [4.78, 5) is 2.08. The Kier molecular flexibility index (Phi) is 6.20. The predicted molar refractivity (Wildman–Crippen MR) is 94.6 cm³/mol. The summed E-state index contributed by atoms with van der Waals surface area (Å²) in [5.74, 6) is 0.505. The van der Waals surface area contributed by atoms with Gasteiger partial charge in [-0.05, 0) is 30.6 Å². The summed E-state index contributed by atoms with van der Waals surface area (Å²) in [6, 6.07) is 10.1. The quantitative estimate of drug-likeness (QED) is 0.806. The van der Waals surface area contributed by atoms with E-state index >= 15 is 0 Å². The van der Waals surface area contributed by atoms with Crippen LogP contribution in [0.4, 0.5) is 0 Å². The van der Waals surface area contributed by atoms with Crippen molar-refractivity contribution in [1.82, 2.24) is 10.2 Å². The molecule has 1 N–H and O–H groups in total. The van der Waals surface area contributed by atoms with Crippen LogP contribution in [0.15, 0.2) is 30.3 Å². The summed E-state index contributed by atoms with van der Waals surface area (Å²) in [6.07, 6.45) is 2.76. The summed E-state index contributed by atoms with van der Waals surface area (Å²) in [5.41, 5.74) is 1.17. The monoisotopic (exact) mass is 340 g/mol. The Bertz CT molecular complexity index is 587. The summed E-state index contributed by atoms with van der Waals surface area (Å²) in [7, 11) is -2.90. The third-order valence-corrected chi connectivity index (χ3v) is 6.08. The van der Waals surface area contributed by atoms with Crippen LogP contribution >= 0.6 is 12.2 Å². The molecule has 0 bridgehead atoms. The second-order valence-electron chi connectivity index (χ2n) is 5.75. The van der Waals surface area contributed by atoms with Crippen LogP contribution in [0, 0.1) is 0 Å². The number of benzene rings is 1. The Balaban J connectivity index is 1.97. The molecule has 122 valence electrons. The van der Waals surface area contributed by atoms with Crippen LogP contribution < -0.4 is 5.32 Å². The van der Waals surface area contributed by atoms with Crippen molar-refractivity contribution in [2.75, 3.05) is 18.1 Å². The lowest BCUT2D eigenvalue weighted by Gasteiger charge is -2.31. The van der Waals surface area contributed by atoms with Crippen molar-refractivity contribution in [1.29, 1.82) is 0 Å². The van der Waals surface area contributed by atoms with E-state index in [1.54, 1.807) is 0 Å². The number of hydrogen-bond donors (Lipinski definition) is 1. The molecule has 0 spiro atoms. The SMILES string of the molecule is CCCCN(C(=S)NCc1ccccc1)[C@@H]1CCS(=O)(=O)C1. The highest BCUT2D eigenvalue weighted by molar-refractivity contribution is 7.91. The van der Waals surface area contributed by atoms with Crippen LogP contribution in [-0.4, -0.2) is 42.5 Å². The van der Waals surface area contributed by atoms with Gasteiger partial charge in [0.1, 0.15) is 0 Å². The highest BCUT2D eigenvalue weighted by Crippen LogP contribution is 2.18. The molecule has 1 saturated heterocycles. The van der Waals surface area contributed by atoms with Gasteiger partial charge in [-0.15, -0.1) is 0 Å². The first-order chi connectivity index (χ1) is 10.5. The lowest BCUT2D eigenvalue weighted by Crippen LogP contribution is -2.46. The molecule has 1 aromatic rings. The highest BCUT2D eigenvalue weighted by Gasteiger charge is 2.33. The fraction of sp³-hybridized carbons (Fsp3) is 0.562.